The van der Waals surface area contributed by atoms with Gasteiger partial charge in [-0.2, -0.15) is 0 Å². The first-order chi connectivity index (χ1) is 9.30. The molecule has 0 saturated carbocycles. The minimum Gasteiger partial charge on any atom is -0.494 e. The van der Waals surface area contributed by atoms with Crippen LogP contribution in [0.25, 0.3) is 0 Å². The molecule has 0 fully saturated rings. The van der Waals surface area contributed by atoms with Crippen LogP contribution in [0.1, 0.15) is 11.3 Å². The number of pyridine rings is 1. The Bertz CT molecular complexity index is 491. The van der Waals surface area contributed by atoms with E-state index in [1.807, 2.05) is 0 Å². The number of hydrogen-bond donors (Lipinski definition) is 1. The van der Waals surface area contributed by atoms with Crippen molar-refractivity contribution < 1.29 is 32.2 Å². The number of ether oxygens (including phenoxy) is 3. The van der Waals surface area contributed by atoms with Gasteiger partial charge < -0.3 is 19.9 Å². The van der Waals surface area contributed by atoms with Crippen LogP contribution in [-0.2, 0) is 22.5 Å². The van der Waals surface area contributed by atoms with E-state index in [4.69, 9.17) is 10.5 Å². The van der Waals surface area contributed by atoms with Crippen molar-refractivity contribution in [3.63, 3.8) is 0 Å². The van der Waals surface area contributed by atoms with Crippen LogP contribution in [0.5, 0.6) is 11.6 Å². The number of nitrogens with two attached hydrogens (primary N) is 1. The van der Waals surface area contributed by atoms with Crippen molar-refractivity contribution in [2.75, 3.05) is 14.2 Å². The summed E-state index contributed by atoms with van der Waals surface area (Å²) in [7, 11) is 2.45. The predicted octanol–water partition coefficient (Wildman–Crippen LogP) is 1.16. The average Bonchev–Trinajstić information content (AvgIpc) is 2.35. The highest BCUT2D eigenvalue weighted by Crippen LogP contribution is 2.29. The van der Waals surface area contributed by atoms with Crippen molar-refractivity contribution in [2.24, 2.45) is 5.73 Å². The van der Waals surface area contributed by atoms with Crippen LogP contribution in [0, 0.1) is 0 Å². The van der Waals surface area contributed by atoms with Crippen LogP contribution in [0.3, 0.4) is 0 Å². The fourth-order valence-corrected chi connectivity index (χ4v) is 1.53. The summed E-state index contributed by atoms with van der Waals surface area (Å²) < 4.78 is 49.8. The molecule has 0 aliphatic heterocycles. The standard InChI is InChI=1S/C11H13F3N2O4/c1-18-9(17)4-6-3-8(20-11(12,13)14)16-7(5-15)10(6)19-2/h3H,4-5,15H2,1-2H3. The highest BCUT2D eigenvalue weighted by molar-refractivity contribution is 5.73. The number of aromatic nitrogens is 1. The van der Waals surface area contributed by atoms with Gasteiger partial charge in [0.25, 0.3) is 0 Å². The lowest BCUT2D eigenvalue weighted by molar-refractivity contribution is -0.276. The van der Waals surface area contributed by atoms with Gasteiger partial charge in [-0.25, -0.2) is 4.98 Å². The van der Waals surface area contributed by atoms with Crippen LogP contribution in [-0.4, -0.2) is 31.5 Å². The summed E-state index contributed by atoms with van der Waals surface area (Å²) in [6.45, 7) is -0.174. The third kappa shape index (κ3) is 4.26. The molecule has 0 bridgehead atoms. The molecule has 0 spiro atoms. The van der Waals surface area contributed by atoms with Crippen LogP contribution in [0.2, 0.25) is 0 Å². The van der Waals surface area contributed by atoms with E-state index in [2.05, 4.69) is 14.5 Å². The van der Waals surface area contributed by atoms with Crippen molar-refractivity contribution >= 4 is 5.97 Å². The number of methoxy groups -OCH3 is 2. The lowest BCUT2D eigenvalue weighted by Crippen LogP contribution is -2.19. The maximum Gasteiger partial charge on any atom is 0.574 e. The van der Waals surface area contributed by atoms with E-state index >= 15 is 0 Å². The molecule has 1 rings (SSSR count). The van der Waals surface area contributed by atoms with Crippen LogP contribution < -0.4 is 15.2 Å². The zero-order valence-corrected chi connectivity index (χ0v) is 10.8. The normalized spacial score (nSPS) is 11.1. The Labute approximate surface area is 112 Å². The molecule has 2 N–H and O–H groups in total. The molecule has 0 amide bonds. The third-order valence-corrected chi connectivity index (χ3v) is 2.28. The number of alkyl halides is 3. The highest BCUT2D eigenvalue weighted by Gasteiger charge is 2.32. The molecule has 1 aromatic heterocycles. The van der Waals surface area contributed by atoms with Gasteiger partial charge in [0.2, 0.25) is 5.88 Å². The number of carbonyl (C=O) groups is 1. The van der Waals surface area contributed by atoms with Crippen molar-refractivity contribution in [1.82, 2.24) is 4.98 Å². The largest absolute Gasteiger partial charge is 0.574 e. The Morgan fingerprint density at radius 3 is 2.50 bits per heavy atom. The minimum absolute atomic E-state index is 0.0492. The third-order valence-electron chi connectivity index (χ3n) is 2.28. The van der Waals surface area contributed by atoms with Crippen molar-refractivity contribution in [2.45, 2.75) is 19.3 Å². The molecule has 6 nitrogen and oxygen atoms in total. The zero-order chi connectivity index (χ0) is 15.3. The molecule has 0 unspecified atom stereocenters. The van der Waals surface area contributed by atoms with Gasteiger partial charge in [-0.15, -0.1) is 13.2 Å². The van der Waals surface area contributed by atoms with Crippen molar-refractivity contribution in [3.05, 3.63) is 17.3 Å². The van der Waals surface area contributed by atoms with Crippen LogP contribution in [0.15, 0.2) is 6.07 Å². The first kappa shape index (κ1) is 16.0. The van der Waals surface area contributed by atoms with Crippen molar-refractivity contribution in [3.8, 4) is 11.6 Å². The fraction of sp³-hybridized carbons (Fsp3) is 0.455. The Balaban J connectivity index is 3.23. The lowest BCUT2D eigenvalue weighted by atomic mass is 10.1. The summed E-state index contributed by atoms with van der Waals surface area (Å²) in [6.07, 6.45) is -5.18. The Hall–Kier alpha value is -2.03. The van der Waals surface area contributed by atoms with Gasteiger partial charge >= 0.3 is 12.3 Å². The average molecular weight is 294 g/mol. The Morgan fingerprint density at radius 1 is 1.40 bits per heavy atom. The van der Waals surface area contributed by atoms with Gasteiger partial charge in [-0.3, -0.25) is 4.79 Å². The molecule has 0 radical (unpaired) electrons. The fourth-order valence-electron chi connectivity index (χ4n) is 1.53. The molecule has 1 aromatic rings. The van der Waals surface area contributed by atoms with Gasteiger partial charge in [-0.05, 0) is 0 Å². The summed E-state index contributed by atoms with van der Waals surface area (Å²) in [5, 5.41) is 0. The molecular formula is C11H13F3N2O4. The van der Waals surface area contributed by atoms with E-state index in [9.17, 15) is 18.0 Å². The van der Waals surface area contributed by atoms with E-state index in [1.165, 1.54) is 7.11 Å². The molecule has 20 heavy (non-hydrogen) atoms. The molecule has 9 heteroatoms. The SMILES string of the molecule is COC(=O)Cc1cc(OC(F)(F)F)nc(CN)c1OC. The molecule has 0 atom stereocenters. The number of esters is 1. The van der Waals surface area contributed by atoms with E-state index < -0.39 is 18.2 Å². The molecule has 0 aliphatic carbocycles. The topological polar surface area (TPSA) is 83.7 Å². The Kier molecular flexibility index (Phi) is 5.14. The summed E-state index contributed by atoms with van der Waals surface area (Å²) in [5.41, 5.74) is 5.59. The second-order valence-electron chi connectivity index (χ2n) is 3.60. The lowest BCUT2D eigenvalue weighted by Gasteiger charge is -2.15. The maximum absolute atomic E-state index is 12.2. The second kappa shape index (κ2) is 6.42. The van der Waals surface area contributed by atoms with Gasteiger partial charge in [0, 0.05) is 18.2 Å². The van der Waals surface area contributed by atoms with Gasteiger partial charge in [0.05, 0.1) is 20.6 Å². The summed E-state index contributed by atoms with van der Waals surface area (Å²) in [6, 6.07) is 0.961. The van der Waals surface area contributed by atoms with E-state index in [-0.39, 0.29) is 30.0 Å². The van der Waals surface area contributed by atoms with Gasteiger partial charge in [0.15, 0.2) is 0 Å². The van der Waals surface area contributed by atoms with E-state index in [0.29, 0.717) is 0 Å². The smallest absolute Gasteiger partial charge is 0.494 e. The zero-order valence-electron chi connectivity index (χ0n) is 10.8. The molecule has 0 aromatic carbocycles. The number of carbonyl (C=O) groups excluding carboxylic acids is 1. The molecule has 1 heterocycles. The predicted molar refractivity (Wildman–Crippen MR) is 61.1 cm³/mol. The summed E-state index contributed by atoms with van der Waals surface area (Å²) in [5.74, 6) is -1.22. The summed E-state index contributed by atoms with van der Waals surface area (Å²) in [4.78, 5) is 14.8. The quantitative estimate of drug-likeness (QED) is 0.820. The second-order valence-corrected chi connectivity index (χ2v) is 3.60. The molecule has 0 aliphatic rings. The molecule has 112 valence electrons. The maximum atomic E-state index is 12.2. The van der Waals surface area contributed by atoms with Crippen LogP contribution >= 0.6 is 0 Å². The monoisotopic (exact) mass is 294 g/mol. The highest BCUT2D eigenvalue weighted by atomic mass is 19.4. The Morgan fingerprint density at radius 2 is 2.05 bits per heavy atom. The molecule has 0 saturated heterocycles. The van der Waals surface area contributed by atoms with Crippen molar-refractivity contribution in [1.29, 1.82) is 0 Å². The first-order valence-electron chi connectivity index (χ1n) is 5.40. The minimum atomic E-state index is -4.89. The van der Waals surface area contributed by atoms with Crippen LogP contribution in [0.4, 0.5) is 13.2 Å². The number of halogens is 3. The number of nitrogens with zero attached hydrogens (tertiary/aromatic N) is 1. The first-order valence-corrected chi connectivity index (χ1v) is 5.40. The molecular weight excluding hydrogens is 281 g/mol. The number of rotatable bonds is 5. The van der Waals surface area contributed by atoms with E-state index in [1.54, 1.807) is 0 Å². The van der Waals surface area contributed by atoms with Gasteiger partial charge in [-0.1, -0.05) is 0 Å². The summed E-state index contributed by atoms with van der Waals surface area (Å²) >= 11 is 0. The number of hydrogen-bond acceptors (Lipinski definition) is 6. The van der Waals surface area contributed by atoms with E-state index in [0.717, 1.165) is 13.2 Å². The van der Waals surface area contributed by atoms with Gasteiger partial charge in [0.1, 0.15) is 11.4 Å².